The van der Waals surface area contributed by atoms with Crippen molar-refractivity contribution in [3.63, 3.8) is 0 Å². The van der Waals surface area contributed by atoms with E-state index < -0.39 is 0 Å². The molecule has 0 spiro atoms. The van der Waals surface area contributed by atoms with Gasteiger partial charge in [0.25, 0.3) is 5.91 Å². The Labute approximate surface area is 174 Å². The van der Waals surface area contributed by atoms with Crippen LogP contribution in [0.4, 0.5) is 11.5 Å². The molecule has 0 atom stereocenters. The van der Waals surface area contributed by atoms with Crippen LogP contribution < -0.4 is 15.1 Å². The van der Waals surface area contributed by atoms with E-state index in [1.165, 1.54) is 4.57 Å². The number of fused-ring (bicyclic) bond motifs is 1. The molecule has 0 aromatic carbocycles. The summed E-state index contributed by atoms with van der Waals surface area (Å²) in [5.41, 5.74) is 1.99. The van der Waals surface area contributed by atoms with Crippen LogP contribution in [-0.2, 0) is 9.53 Å². The quantitative estimate of drug-likeness (QED) is 0.549. The molecule has 1 fully saturated rings. The first-order valence-electron chi connectivity index (χ1n) is 10.3. The molecule has 4 heterocycles. The standard InChI is InChI=1S/C21H27N5O4/c1-29-11-4-6-22-19-13-16(5-9-25(19)15-27)26-10-12-30-18-14-17(23-20(18)26)21(28)24-7-2-3-8-24/h5,9,13-15,23H,2-4,6-8,10-12H2,1H3/b22-19-. The molecule has 9 nitrogen and oxygen atoms in total. The van der Waals surface area contributed by atoms with Crippen LogP contribution in [-0.4, -0.2) is 73.3 Å². The average Bonchev–Trinajstić information content (AvgIpc) is 3.46. The van der Waals surface area contributed by atoms with Gasteiger partial charge in [-0.3, -0.25) is 19.1 Å². The Morgan fingerprint density at radius 1 is 1.30 bits per heavy atom. The number of amides is 1. The smallest absolute Gasteiger partial charge is 0.270 e. The molecule has 160 valence electrons. The fourth-order valence-corrected chi connectivity index (χ4v) is 3.83. The molecule has 0 bridgehead atoms. The van der Waals surface area contributed by atoms with Crippen molar-refractivity contribution >= 4 is 23.8 Å². The highest BCUT2D eigenvalue weighted by molar-refractivity contribution is 5.94. The first kappa shape index (κ1) is 20.2. The molecule has 0 radical (unpaired) electrons. The van der Waals surface area contributed by atoms with Crippen molar-refractivity contribution in [1.82, 2.24) is 14.5 Å². The number of methoxy groups -OCH3 is 1. The molecule has 1 amide bonds. The number of aromatic nitrogens is 2. The number of ether oxygens (including phenoxy) is 2. The van der Waals surface area contributed by atoms with Gasteiger partial charge in [-0.05, 0) is 25.3 Å². The molecule has 2 aromatic rings. The van der Waals surface area contributed by atoms with Crippen molar-refractivity contribution in [2.24, 2.45) is 4.99 Å². The van der Waals surface area contributed by atoms with Crippen LogP contribution in [0.25, 0.3) is 0 Å². The molecule has 4 rings (SSSR count). The lowest BCUT2D eigenvalue weighted by molar-refractivity contribution is 0.0787. The lowest BCUT2D eigenvalue weighted by atomic mass is 10.3. The van der Waals surface area contributed by atoms with Gasteiger partial charge in [0.15, 0.2) is 11.6 Å². The van der Waals surface area contributed by atoms with Crippen LogP contribution in [0.3, 0.4) is 0 Å². The SMILES string of the molecule is COCCC/N=c1/cc(N2CCOc3cc(C(=O)N4CCCC4)[nH]c32)ccn1C=O. The summed E-state index contributed by atoms with van der Waals surface area (Å²) in [5, 5.41) is 0. The molecular formula is C21H27N5O4. The number of carbonyl (C=O) groups excluding carboxylic acids is 2. The molecule has 0 unspecified atom stereocenters. The first-order chi connectivity index (χ1) is 14.7. The third-order valence-electron chi connectivity index (χ3n) is 5.38. The van der Waals surface area contributed by atoms with Gasteiger partial charge in [0, 0.05) is 57.4 Å². The third-order valence-corrected chi connectivity index (χ3v) is 5.38. The van der Waals surface area contributed by atoms with E-state index in [0.29, 0.717) is 43.2 Å². The number of nitrogens with zero attached hydrogens (tertiary/aromatic N) is 4. The van der Waals surface area contributed by atoms with Crippen LogP contribution in [0, 0.1) is 0 Å². The van der Waals surface area contributed by atoms with Crippen molar-refractivity contribution in [2.75, 3.05) is 51.4 Å². The summed E-state index contributed by atoms with van der Waals surface area (Å²) in [6.45, 7) is 3.91. The minimum absolute atomic E-state index is 0.00569. The molecule has 0 aliphatic carbocycles. The molecule has 2 aliphatic rings. The Bertz CT molecular complexity index is 974. The number of anilines is 2. The minimum atomic E-state index is 0.00569. The summed E-state index contributed by atoms with van der Waals surface area (Å²) in [6.07, 6.45) is 5.31. The number of likely N-dealkylation sites (tertiary alicyclic amines) is 1. The summed E-state index contributed by atoms with van der Waals surface area (Å²) in [4.78, 5) is 35.9. The van der Waals surface area contributed by atoms with E-state index in [-0.39, 0.29) is 5.91 Å². The van der Waals surface area contributed by atoms with Gasteiger partial charge in [0.2, 0.25) is 6.41 Å². The van der Waals surface area contributed by atoms with Crippen LogP contribution in [0.15, 0.2) is 29.4 Å². The fraction of sp³-hybridized carbons (Fsp3) is 0.476. The number of hydrogen-bond donors (Lipinski definition) is 1. The molecule has 1 saturated heterocycles. The second kappa shape index (κ2) is 9.17. The van der Waals surface area contributed by atoms with Crippen LogP contribution >= 0.6 is 0 Å². The highest BCUT2D eigenvalue weighted by Gasteiger charge is 2.27. The Kier molecular flexibility index (Phi) is 6.18. The van der Waals surface area contributed by atoms with Gasteiger partial charge in [-0.25, -0.2) is 0 Å². The largest absolute Gasteiger partial charge is 0.488 e. The summed E-state index contributed by atoms with van der Waals surface area (Å²) in [6, 6.07) is 5.52. The molecule has 2 aliphatic heterocycles. The van der Waals surface area contributed by atoms with E-state index in [1.54, 1.807) is 19.4 Å². The Hall–Kier alpha value is -3.07. The van der Waals surface area contributed by atoms with E-state index in [0.717, 1.165) is 50.3 Å². The summed E-state index contributed by atoms with van der Waals surface area (Å²) in [5.74, 6) is 1.42. The van der Waals surface area contributed by atoms with E-state index >= 15 is 0 Å². The molecular weight excluding hydrogens is 386 g/mol. The van der Waals surface area contributed by atoms with Gasteiger partial charge in [-0.15, -0.1) is 0 Å². The summed E-state index contributed by atoms with van der Waals surface area (Å²) in [7, 11) is 1.65. The number of carbonyl (C=O) groups is 2. The number of pyridine rings is 1. The number of nitrogens with one attached hydrogen (secondary N) is 1. The van der Waals surface area contributed by atoms with Gasteiger partial charge >= 0.3 is 0 Å². The van der Waals surface area contributed by atoms with Crippen molar-refractivity contribution in [2.45, 2.75) is 19.3 Å². The van der Waals surface area contributed by atoms with Crippen molar-refractivity contribution in [3.8, 4) is 5.75 Å². The maximum Gasteiger partial charge on any atom is 0.270 e. The highest BCUT2D eigenvalue weighted by atomic mass is 16.5. The molecule has 0 saturated carbocycles. The van der Waals surface area contributed by atoms with Crippen molar-refractivity contribution in [1.29, 1.82) is 0 Å². The fourth-order valence-electron chi connectivity index (χ4n) is 3.83. The third kappa shape index (κ3) is 4.11. The predicted molar refractivity (Wildman–Crippen MR) is 112 cm³/mol. The molecule has 2 aromatic heterocycles. The molecule has 9 heteroatoms. The zero-order valence-electron chi connectivity index (χ0n) is 17.2. The van der Waals surface area contributed by atoms with Gasteiger partial charge in [-0.1, -0.05) is 0 Å². The van der Waals surface area contributed by atoms with E-state index in [9.17, 15) is 9.59 Å². The highest BCUT2D eigenvalue weighted by Crippen LogP contribution is 2.36. The monoisotopic (exact) mass is 413 g/mol. The van der Waals surface area contributed by atoms with E-state index in [1.807, 2.05) is 17.0 Å². The number of rotatable bonds is 7. The predicted octanol–water partition coefficient (Wildman–Crippen LogP) is 1.56. The maximum atomic E-state index is 12.8. The van der Waals surface area contributed by atoms with Crippen molar-refractivity contribution < 1.29 is 19.1 Å². The van der Waals surface area contributed by atoms with Gasteiger partial charge in [0.05, 0.1) is 6.54 Å². The Morgan fingerprint density at radius 3 is 2.90 bits per heavy atom. The second-order valence-corrected chi connectivity index (χ2v) is 7.38. The van der Waals surface area contributed by atoms with Gasteiger partial charge < -0.3 is 24.3 Å². The molecule has 1 N–H and O–H groups in total. The number of H-pyrrole nitrogens is 1. The number of aromatic amines is 1. The van der Waals surface area contributed by atoms with Gasteiger partial charge in [-0.2, -0.15) is 0 Å². The first-order valence-corrected chi connectivity index (χ1v) is 10.3. The topological polar surface area (TPSA) is 92.2 Å². The second-order valence-electron chi connectivity index (χ2n) is 7.38. The Morgan fingerprint density at radius 2 is 2.13 bits per heavy atom. The van der Waals surface area contributed by atoms with Gasteiger partial charge in [0.1, 0.15) is 17.8 Å². The summed E-state index contributed by atoms with van der Waals surface area (Å²) < 4.78 is 12.3. The lowest BCUT2D eigenvalue weighted by Crippen LogP contribution is -2.31. The lowest BCUT2D eigenvalue weighted by Gasteiger charge is -2.28. The maximum absolute atomic E-state index is 12.8. The average molecular weight is 413 g/mol. The van der Waals surface area contributed by atoms with Crippen molar-refractivity contribution in [3.05, 3.63) is 35.6 Å². The van der Waals surface area contributed by atoms with Crippen LogP contribution in [0.1, 0.15) is 29.8 Å². The van der Waals surface area contributed by atoms with E-state index in [2.05, 4.69) is 14.9 Å². The normalized spacial score (nSPS) is 16.5. The number of hydrogen-bond acceptors (Lipinski definition) is 6. The Balaban J connectivity index is 1.62. The minimum Gasteiger partial charge on any atom is -0.488 e. The zero-order valence-corrected chi connectivity index (χ0v) is 17.2. The van der Waals surface area contributed by atoms with E-state index in [4.69, 9.17) is 9.47 Å². The van der Waals surface area contributed by atoms with Crippen LogP contribution in [0.2, 0.25) is 0 Å². The zero-order chi connectivity index (χ0) is 20.9. The molecule has 30 heavy (non-hydrogen) atoms. The summed E-state index contributed by atoms with van der Waals surface area (Å²) >= 11 is 0. The van der Waals surface area contributed by atoms with Crippen LogP contribution in [0.5, 0.6) is 5.75 Å².